The minimum atomic E-state index is -0.362. The summed E-state index contributed by atoms with van der Waals surface area (Å²) in [6, 6.07) is 14.2. The molecule has 27 heavy (non-hydrogen) atoms. The lowest BCUT2D eigenvalue weighted by molar-refractivity contribution is 0.456. The highest BCUT2D eigenvalue weighted by atomic mass is 19.1. The van der Waals surface area contributed by atoms with Gasteiger partial charge in [0.05, 0.1) is 0 Å². The van der Waals surface area contributed by atoms with E-state index in [0.717, 1.165) is 37.7 Å². The van der Waals surface area contributed by atoms with E-state index in [0.29, 0.717) is 11.6 Å². The number of piperazine rings is 1. The molecule has 3 aromatic rings. The second-order valence-electron chi connectivity index (χ2n) is 6.22. The number of hydrogen-bond donors (Lipinski definition) is 0. The number of benzene rings is 2. The number of anilines is 2. The molecule has 2 heterocycles. The van der Waals surface area contributed by atoms with Crippen LogP contribution in [-0.2, 0) is 0 Å². The van der Waals surface area contributed by atoms with Crippen molar-refractivity contribution in [3.8, 4) is 11.6 Å². The molecule has 0 bridgehead atoms. The number of rotatable bonds is 4. The van der Waals surface area contributed by atoms with Crippen molar-refractivity contribution in [3.63, 3.8) is 0 Å². The Morgan fingerprint density at radius 2 is 1.52 bits per heavy atom. The van der Waals surface area contributed by atoms with Crippen LogP contribution in [0.15, 0.2) is 60.9 Å². The van der Waals surface area contributed by atoms with E-state index in [-0.39, 0.29) is 11.6 Å². The maximum Gasteiger partial charge on any atom is 0.224 e. The van der Waals surface area contributed by atoms with E-state index in [1.54, 1.807) is 30.3 Å². The maximum atomic E-state index is 13.3. The van der Waals surface area contributed by atoms with Crippen LogP contribution in [0.25, 0.3) is 0 Å². The van der Waals surface area contributed by atoms with Crippen molar-refractivity contribution in [1.82, 2.24) is 9.97 Å². The summed E-state index contributed by atoms with van der Waals surface area (Å²) in [5, 5.41) is 0. The smallest absolute Gasteiger partial charge is 0.224 e. The molecule has 138 valence electrons. The maximum absolute atomic E-state index is 13.3. The Morgan fingerprint density at radius 3 is 2.26 bits per heavy atom. The van der Waals surface area contributed by atoms with Crippen LogP contribution in [0.2, 0.25) is 0 Å². The fraction of sp³-hybridized carbons (Fsp3) is 0.200. The first kappa shape index (κ1) is 17.2. The van der Waals surface area contributed by atoms with E-state index >= 15 is 0 Å². The Bertz CT molecular complexity index is 912. The van der Waals surface area contributed by atoms with Crippen LogP contribution in [0.4, 0.5) is 20.3 Å². The second kappa shape index (κ2) is 7.57. The molecule has 0 spiro atoms. The van der Waals surface area contributed by atoms with Crippen molar-refractivity contribution < 1.29 is 13.5 Å². The summed E-state index contributed by atoms with van der Waals surface area (Å²) in [6.07, 6.45) is 1.44. The van der Waals surface area contributed by atoms with Crippen molar-refractivity contribution in [3.05, 3.63) is 72.6 Å². The van der Waals surface area contributed by atoms with Crippen molar-refractivity contribution in [2.24, 2.45) is 0 Å². The molecule has 2 aromatic carbocycles. The van der Waals surface area contributed by atoms with E-state index in [1.165, 1.54) is 30.6 Å². The third-order valence-electron chi connectivity index (χ3n) is 4.44. The summed E-state index contributed by atoms with van der Waals surface area (Å²) >= 11 is 0. The fourth-order valence-corrected chi connectivity index (χ4v) is 3.06. The van der Waals surface area contributed by atoms with Crippen LogP contribution in [0.5, 0.6) is 11.6 Å². The first-order valence-electron chi connectivity index (χ1n) is 8.68. The molecule has 0 aliphatic carbocycles. The standard InChI is InChI=1S/C20H18F2N4O/c21-15-4-6-17(7-5-15)25-8-10-26(11-9-25)19-13-20(24-14-23-19)27-18-3-1-2-16(22)12-18/h1-7,12-14H,8-11H2. The predicted molar refractivity (Wildman–Crippen MR) is 99.3 cm³/mol. The van der Waals surface area contributed by atoms with Crippen molar-refractivity contribution >= 4 is 11.5 Å². The van der Waals surface area contributed by atoms with Gasteiger partial charge < -0.3 is 14.5 Å². The summed E-state index contributed by atoms with van der Waals surface area (Å²) in [6.45, 7) is 3.15. The van der Waals surface area contributed by atoms with Gasteiger partial charge in [-0.15, -0.1) is 0 Å². The van der Waals surface area contributed by atoms with Gasteiger partial charge in [0.2, 0.25) is 5.88 Å². The quantitative estimate of drug-likeness (QED) is 0.699. The summed E-state index contributed by atoms with van der Waals surface area (Å²) in [5.41, 5.74) is 1.01. The Balaban J connectivity index is 1.42. The van der Waals surface area contributed by atoms with E-state index in [1.807, 2.05) is 0 Å². The molecule has 0 saturated carbocycles. The first-order chi connectivity index (χ1) is 13.2. The van der Waals surface area contributed by atoms with Gasteiger partial charge in [-0.1, -0.05) is 6.07 Å². The molecule has 1 aliphatic rings. The van der Waals surface area contributed by atoms with Crippen LogP contribution in [0, 0.1) is 11.6 Å². The van der Waals surface area contributed by atoms with Gasteiger partial charge in [0.15, 0.2) is 0 Å². The number of hydrogen-bond acceptors (Lipinski definition) is 5. The molecule has 0 radical (unpaired) electrons. The molecule has 4 rings (SSSR count). The average molecular weight is 368 g/mol. The third-order valence-corrected chi connectivity index (χ3v) is 4.44. The normalized spacial score (nSPS) is 14.3. The zero-order valence-corrected chi connectivity index (χ0v) is 14.6. The summed E-state index contributed by atoms with van der Waals surface area (Å²) < 4.78 is 32.0. The van der Waals surface area contributed by atoms with Gasteiger partial charge in [-0.25, -0.2) is 18.7 Å². The molecule has 5 nitrogen and oxygen atoms in total. The van der Waals surface area contributed by atoms with Crippen LogP contribution in [-0.4, -0.2) is 36.1 Å². The van der Waals surface area contributed by atoms with E-state index < -0.39 is 0 Å². The largest absolute Gasteiger partial charge is 0.439 e. The van der Waals surface area contributed by atoms with Gasteiger partial charge in [0, 0.05) is 44.0 Å². The van der Waals surface area contributed by atoms with Gasteiger partial charge in [0.1, 0.15) is 29.5 Å². The van der Waals surface area contributed by atoms with Crippen LogP contribution >= 0.6 is 0 Å². The summed E-state index contributed by atoms with van der Waals surface area (Å²) in [5.74, 6) is 0.922. The van der Waals surface area contributed by atoms with Crippen LogP contribution in [0.1, 0.15) is 0 Å². The SMILES string of the molecule is Fc1ccc(N2CCN(c3cc(Oc4cccc(F)c4)ncn3)CC2)cc1. The van der Waals surface area contributed by atoms with Crippen molar-refractivity contribution in [1.29, 1.82) is 0 Å². The van der Waals surface area contributed by atoms with Gasteiger partial charge in [-0.05, 0) is 36.4 Å². The second-order valence-corrected chi connectivity index (χ2v) is 6.22. The van der Waals surface area contributed by atoms with E-state index in [2.05, 4.69) is 19.8 Å². The van der Waals surface area contributed by atoms with Gasteiger partial charge in [0.25, 0.3) is 0 Å². The van der Waals surface area contributed by atoms with Gasteiger partial charge in [-0.2, -0.15) is 0 Å². The molecular formula is C20H18F2N4O. The lowest BCUT2D eigenvalue weighted by atomic mass is 10.2. The highest BCUT2D eigenvalue weighted by molar-refractivity contribution is 5.50. The Morgan fingerprint density at radius 1 is 0.778 bits per heavy atom. The molecule has 7 heteroatoms. The minimum absolute atomic E-state index is 0.232. The van der Waals surface area contributed by atoms with E-state index in [4.69, 9.17) is 4.74 Å². The zero-order valence-electron chi connectivity index (χ0n) is 14.6. The molecular weight excluding hydrogens is 350 g/mol. The minimum Gasteiger partial charge on any atom is -0.439 e. The number of nitrogens with zero attached hydrogens (tertiary/aromatic N) is 4. The predicted octanol–water partition coefficient (Wildman–Crippen LogP) is 3.87. The van der Waals surface area contributed by atoms with E-state index in [9.17, 15) is 8.78 Å². The number of halogens is 2. The molecule has 0 atom stereocenters. The lowest BCUT2D eigenvalue weighted by Gasteiger charge is -2.36. The molecule has 1 aromatic heterocycles. The zero-order chi connectivity index (χ0) is 18.6. The Hall–Kier alpha value is -3.22. The van der Waals surface area contributed by atoms with Crippen molar-refractivity contribution in [2.75, 3.05) is 36.0 Å². The first-order valence-corrected chi connectivity index (χ1v) is 8.68. The highest BCUT2D eigenvalue weighted by Gasteiger charge is 2.19. The number of aromatic nitrogens is 2. The van der Waals surface area contributed by atoms with Crippen LogP contribution < -0.4 is 14.5 Å². The Labute approximate surface area is 155 Å². The van der Waals surface area contributed by atoms with Crippen molar-refractivity contribution in [2.45, 2.75) is 0 Å². The summed E-state index contributed by atoms with van der Waals surface area (Å²) in [4.78, 5) is 12.8. The summed E-state index contributed by atoms with van der Waals surface area (Å²) in [7, 11) is 0. The molecule has 1 aliphatic heterocycles. The molecule has 0 amide bonds. The molecule has 1 fully saturated rings. The fourth-order valence-electron chi connectivity index (χ4n) is 3.06. The molecule has 0 unspecified atom stereocenters. The topological polar surface area (TPSA) is 41.5 Å². The van der Waals surface area contributed by atoms with Gasteiger partial charge >= 0.3 is 0 Å². The lowest BCUT2D eigenvalue weighted by Crippen LogP contribution is -2.46. The number of ether oxygens (including phenoxy) is 1. The average Bonchev–Trinajstić information content (AvgIpc) is 2.69. The highest BCUT2D eigenvalue weighted by Crippen LogP contribution is 2.24. The van der Waals surface area contributed by atoms with Crippen LogP contribution in [0.3, 0.4) is 0 Å². The molecule has 0 N–H and O–H groups in total. The monoisotopic (exact) mass is 368 g/mol. The molecule has 1 saturated heterocycles. The Kier molecular flexibility index (Phi) is 4.82. The third kappa shape index (κ3) is 4.13. The van der Waals surface area contributed by atoms with Gasteiger partial charge in [-0.3, -0.25) is 0 Å².